The third kappa shape index (κ3) is 10.9. The molecule has 2 N–H and O–H groups in total. The molecule has 0 spiro atoms. The van der Waals surface area contributed by atoms with Crippen LogP contribution in [0.25, 0.3) is 0 Å². The van der Waals surface area contributed by atoms with Crippen molar-refractivity contribution < 1.29 is 43.4 Å². The first-order valence-electron chi connectivity index (χ1n) is 21.5. The van der Waals surface area contributed by atoms with E-state index in [1.165, 1.54) is 35.1 Å². The van der Waals surface area contributed by atoms with E-state index in [0.717, 1.165) is 121 Å². The number of hydrogen-bond acceptors (Lipinski definition) is 9. The van der Waals surface area contributed by atoms with Crippen molar-refractivity contribution in [3.63, 3.8) is 0 Å². The van der Waals surface area contributed by atoms with Crippen molar-refractivity contribution in [2.45, 2.75) is 128 Å². The van der Waals surface area contributed by atoms with E-state index in [-0.39, 0.29) is 31.2 Å². The maximum atomic E-state index is 12.6. The van der Waals surface area contributed by atoms with Crippen LogP contribution in [0.15, 0.2) is 36.4 Å². The molecule has 2 saturated carbocycles. The number of aliphatic hydroxyl groups excluding tert-OH is 2. The number of ketones is 1. The van der Waals surface area contributed by atoms with Gasteiger partial charge in [0.05, 0.1) is 20.3 Å². The van der Waals surface area contributed by atoms with Crippen LogP contribution >= 0.6 is 0 Å². The molecule has 4 aliphatic carbocycles. The minimum Gasteiger partial charge on any atom is -0.496 e. The summed E-state index contributed by atoms with van der Waals surface area (Å²) in [6.07, 6.45) is 16.3. The topological polar surface area (TPSA) is 113 Å². The van der Waals surface area contributed by atoms with Crippen LogP contribution in [0.1, 0.15) is 106 Å². The van der Waals surface area contributed by atoms with E-state index < -0.39 is 0 Å². The van der Waals surface area contributed by atoms with Crippen molar-refractivity contribution in [3.05, 3.63) is 58.7 Å². The number of carbonyl (C=O) groups excluding carboxylic acids is 1. The predicted molar refractivity (Wildman–Crippen MR) is 212 cm³/mol. The zero-order chi connectivity index (χ0) is 38.6. The second kappa shape index (κ2) is 21.3. The van der Waals surface area contributed by atoms with Gasteiger partial charge in [0.15, 0.2) is 12.6 Å². The minimum absolute atomic E-state index is 0.000905. The van der Waals surface area contributed by atoms with Crippen molar-refractivity contribution in [1.82, 2.24) is 0 Å². The van der Waals surface area contributed by atoms with Gasteiger partial charge in [-0.1, -0.05) is 24.3 Å². The first kappa shape index (κ1) is 42.1. The molecule has 55 heavy (non-hydrogen) atoms. The van der Waals surface area contributed by atoms with Crippen LogP contribution in [0.2, 0.25) is 0 Å². The monoisotopic (exact) mass is 764 g/mol. The maximum Gasteiger partial charge on any atom is 0.157 e. The molecular weight excluding hydrogens is 696 g/mol. The second-order valence-corrected chi connectivity index (χ2v) is 16.5. The average molecular weight is 765 g/mol. The van der Waals surface area contributed by atoms with Gasteiger partial charge in [-0.25, -0.2) is 0 Å². The molecule has 2 aromatic rings. The zero-order valence-electron chi connectivity index (χ0n) is 33.8. The van der Waals surface area contributed by atoms with Gasteiger partial charge < -0.3 is 38.6 Å². The van der Waals surface area contributed by atoms with E-state index in [1.54, 1.807) is 21.1 Å². The van der Waals surface area contributed by atoms with Crippen LogP contribution in [0, 0.1) is 35.5 Å². The molecule has 9 heteroatoms. The highest BCUT2D eigenvalue weighted by atomic mass is 16.7. The molecule has 2 heterocycles. The van der Waals surface area contributed by atoms with Crippen LogP contribution in [-0.2, 0) is 49.4 Å². The van der Waals surface area contributed by atoms with Crippen LogP contribution in [0.3, 0.4) is 0 Å². The molecule has 0 radical (unpaired) electrons. The van der Waals surface area contributed by atoms with E-state index in [1.807, 2.05) is 6.07 Å². The fourth-order valence-corrected chi connectivity index (χ4v) is 10.5. The van der Waals surface area contributed by atoms with E-state index in [4.69, 9.17) is 33.5 Å². The Morgan fingerprint density at radius 3 is 1.80 bits per heavy atom. The number of carbonyl (C=O) groups is 1. The molecule has 2 aliphatic heterocycles. The molecule has 2 aromatic carbocycles. The first-order valence-corrected chi connectivity index (χ1v) is 21.5. The highest BCUT2D eigenvalue weighted by Crippen LogP contribution is 2.49. The lowest BCUT2D eigenvalue weighted by Crippen LogP contribution is -2.28. The Morgan fingerprint density at radius 1 is 0.709 bits per heavy atom. The number of rotatable bonds is 12. The lowest BCUT2D eigenvalue weighted by molar-refractivity contribution is -0.163. The summed E-state index contributed by atoms with van der Waals surface area (Å²) < 4.78 is 34.1. The van der Waals surface area contributed by atoms with Gasteiger partial charge in [0.2, 0.25) is 0 Å². The molecule has 9 atom stereocenters. The van der Waals surface area contributed by atoms with Gasteiger partial charge in [-0.3, -0.25) is 4.79 Å². The molecule has 8 rings (SSSR count). The fourth-order valence-electron chi connectivity index (χ4n) is 10.5. The summed E-state index contributed by atoms with van der Waals surface area (Å²) in [7, 11) is 3.49. The van der Waals surface area contributed by atoms with E-state index in [0.29, 0.717) is 42.0 Å². The van der Waals surface area contributed by atoms with Gasteiger partial charge in [0.1, 0.15) is 17.3 Å². The number of fused-ring (bicyclic) bond motifs is 4. The van der Waals surface area contributed by atoms with Crippen molar-refractivity contribution in [1.29, 1.82) is 0 Å². The Kier molecular flexibility index (Phi) is 16.3. The van der Waals surface area contributed by atoms with Crippen LogP contribution in [0.4, 0.5) is 0 Å². The average Bonchev–Trinajstić information content (AvgIpc) is 3.69. The van der Waals surface area contributed by atoms with Gasteiger partial charge in [0.25, 0.3) is 0 Å². The summed E-state index contributed by atoms with van der Waals surface area (Å²) in [4.78, 5) is 12.6. The van der Waals surface area contributed by atoms with Gasteiger partial charge in [-0.15, -0.1) is 0 Å². The molecule has 0 amide bonds. The normalized spacial score (nSPS) is 30.7. The molecule has 0 aromatic heterocycles. The quantitative estimate of drug-likeness (QED) is 0.210. The number of methoxy groups -OCH3 is 2. The predicted octanol–water partition coefficient (Wildman–Crippen LogP) is 7.67. The van der Waals surface area contributed by atoms with Crippen molar-refractivity contribution >= 4 is 5.78 Å². The number of ether oxygens (including phenoxy) is 6. The molecule has 0 bridgehead atoms. The number of Topliss-reactive ketones (excluding diaryl/α,β-unsaturated/α-hetero) is 1. The van der Waals surface area contributed by atoms with Gasteiger partial charge in [0, 0.05) is 45.4 Å². The Labute approximate surface area is 329 Å². The highest BCUT2D eigenvalue weighted by molar-refractivity contribution is 5.84. The number of benzene rings is 2. The summed E-state index contributed by atoms with van der Waals surface area (Å²) in [5.41, 5.74) is 5.47. The smallest absolute Gasteiger partial charge is 0.157 e. The first-order chi connectivity index (χ1) is 26.9. The standard InChI is InChI=1S/C22H32O4.C22H30O4.C2H6O/c2*1-24-21-8-4-6-15-12-18-16(13-19(15)21)14-20(23)17(18)7-5-11-26-22-9-2-3-10-25-22;1-2-3/h4,6,8,16-18,20,22-23H,2-3,5,7,9-14H2,1H3;4,6,8,16-18,22H,2-3,5,7,9-14H2,1H3;3H,2H2,1H3/t16?,17-,18+,20-,22?;16?,17?,18-,22?;/m10./s1. The summed E-state index contributed by atoms with van der Waals surface area (Å²) in [5.74, 6) is 5.22. The molecule has 2 saturated heterocycles. The van der Waals surface area contributed by atoms with Crippen molar-refractivity contribution in [2.75, 3.05) is 47.3 Å². The molecule has 306 valence electrons. The maximum absolute atomic E-state index is 12.6. The summed E-state index contributed by atoms with van der Waals surface area (Å²) in [6, 6.07) is 12.7. The summed E-state index contributed by atoms with van der Waals surface area (Å²) in [6.45, 7) is 5.03. The summed E-state index contributed by atoms with van der Waals surface area (Å²) >= 11 is 0. The van der Waals surface area contributed by atoms with Crippen LogP contribution in [0.5, 0.6) is 11.5 Å². The lowest BCUT2D eigenvalue weighted by Gasteiger charge is -2.32. The highest BCUT2D eigenvalue weighted by Gasteiger charge is 2.46. The summed E-state index contributed by atoms with van der Waals surface area (Å²) in [5, 5.41) is 18.2. The molecule has 6 aliphatic rings. The number of hydrogen-bond donors (Lipinski definition) is 2. The van der Waals surface area contributed by atoms with Crippen molar-refractivity contribution in [3.8, 4) is 11.5 Å². The number of aliphatic hydroxyl groups is 2. The third-order valence-corrected chi connectivity index (χ3v) is 13.2. The Hall–Kier alpha value is -2.53. The largest absolute Gasteiger partial charge is 0.496 e. The van der Waals surface area contributed by atoms with Gasteiger partial charge in [-0.05, 0) is 167 Å². The van der Waals surface area contributed by atoms with E-state index in [2.05, 4.69) is 30.3 Å². The Bertz CT molecular complexity index is 1470. The van der Waals surface area contributed by atoms with Crippen LogP contribution in [-0.4, -0.2) is 81.9 Å². The Morgan fingerprint density at radius 2 is 1.25 bits per heavy atom. The Balaban J connectivity index is 0.000000175. The van der Waals surface area contributed by atoms with E-state index >= 15 is 0 Å². The molecule has 4 fully saturated rings. The minimum atomic E-state index is -0.170. The fraction of sp³-hybridized carbons (Fsp3) is 0.717. The second-order valence-electron chi connectivity index (χ2n) is 16.5. The molecular formula is C46H68O9. The zero-order valence-corrected chi connectivity index (χ0v) is 33.8. The van der Waals surface area contributed by atoms with Gasteiger partial charge in [-0.2, -0.15) is 0 Å². The third-order valence-electron chi connectivity index (χ3n) is 13.2. The molecule has 5 unspecified atom stereocenters. The van der Waals surface area contributed by atoms with E-state index in [9.17, 15) is 9.90 Å². The van der Waals surface area contributed by atoms with Crippen molar-refractivity contribution in [2.24, 2.45) is 35.5 Å². The lowest BCUT2D eigenvalue weighted by atomic mass is 9.73. The van der Waals surface area contributed by atoms with Gasteiger partial charge >= 0.3 is 0 Å². The molecule has 9 nitrogen and oxygen atoms in total. The van der Waals surface area contributed by atoms with Crippen LogP contribution < -0.4 is 9.47 Å². The SMILES string of the molecule is CCO.COc1cccc2c1CC1CC(=O)C(CCCOC3CCCCO3)[C@H]1C2.COc1cccc2c1CC1C[C@@H](O)[C@H](CCCOC3CCCCO3)[C@H]1C2.